The largest absolute Gasteiger partial charge is 0.393 e. The minimum Gasteiger partial charge on any atom is -0.393 e. The molecule has 0 aromatic heterocycles. The quantitative estimate of drug-likeness (QED) is 0.829. The number of hydrogen-bond acceptors (Lipinski definition) is 3. The molecule has 20 heavy (non-hydrogen) atoms. The Hall–Kier alpha value is -1.60. The second-order valence-electron chi connectivity index (χ2n) is 4.78. The number of nitrogens with zero attached hydrogens (tertiary/aromatic N) is 1. The average Bonchev–Trinajstić information content (AvgIpc) is 2.42. The molecule has 0 atom stereocenters. The molecule has 1 aromatic carbocycles. The van der Waals surface area contributed by atoms with Crippen LogP contribution in [0.1, 0.15) is 12.8 Å². The molecule has 1 amide bonds. The third kappa shape index (κ3) is 3.49. The number of nitrogens with one attached hydrogen (secondary N) is 1. The SMILES string of the molecule is O=C(CN1CCC(O)CC1)Nc1ccc(F)c(F)c1F. The van der Waals surface area contributed by atoms with Crippen molar-refractivity contribution in [3.8, 4) is 0 Å². The molecule has 1 aliphatic rings. The molecule has 1 fully saturated rings. The third-order valence-electron chi connectivity index (χ3n) is 3.23. The molecule has 0 saturated carbocycles. The Labute approximate surface area is 114 Å². The van der Waals surface area contributed by atoms with Gasteiger partial charge >= 0.3 is 0 Å². The number of aliphatic hydroxyl groups is 1. The van der Waals surface area contributed by atoms with E-state index in [0.29, 0.717) is 25.9 Å². The Morgan fingerprint density at radius 1 is 1.25 bits per heavy atom. The molecular weight excluding hydrogens is 273 g/mol. The zero-order valence-corrected chi connectivity index (χ0v) is 10.7. The molecule has 4 nitrogen and oxygen atoms in total. The van der Waals surface area contributed by atoms with Gasteiger partial charge in [0, 0.05) is 13.1 Å². The summed E-state index contributed by atoms with van der Waals surface area (Å²) >= 11 is 0. The van der Waals surface area contributed by atoms with Gasteiger partial charge in [-0.25, -0.2) is 13.2 Å². The molecule has 1 saturated heterocycles. The molecule has 0 unspecified atom stereocenters. The van der Waals surface area contributed by atoms with Crippen LogP contribution in [0, 0.1) is 17.5 Å². The first-order chi connectivity index (χ1) is 9.47. The van der Waals surface area contributed by atoms with Gasteiger partial charge in [0.2, 0.25) is 5.91 Å². The van der Waals surface area contributed by atoms with Gasteiger partial charge < -0.3 is 10.4 Å². The van der Waals surface area contributed by atoms with Gasteiger partial charge in [-0.3, -0.25) is 9.69 Å². The highest BCUT2D eigenvalue weighted by Crippen LogP contribution is 2.19. The first-order valence-electron chi connectivity index (χ1n) is 6.31. The monoisotopic (exact) mass is 288 g/mol. The van der Waals surface area contributed by atoms with Crippen LogP contribution in [-0.2, 0) is 4.79 Å². The number of carbonyl (C=O) groups is 1. The number of likely N-dealkylation sites (tertiary alicyclic amines) is 1. The van der Waals surface area contributed by atoms with Crippen molar-refractivity contribution in [3.63, 3.8) is 0 Å². The van der Waals surface area contributed by atoms with Crippen LogP contribution < -0.4 is 5.32 Å². The molecule has 2 rings (SSSR count). The number of halogens is 3. The maximum Gasteiger partial charge on any atom is 0.238 e. The summed E-state index contributed by atoms with van der Waals surface area (Å²) in [6.45, 7) is 1.15. The van der Waals surface area contributed by atoms with Crippen molar-refractivity contribution >= 4 is 11.6 Å². The van der Waals surface area contributed by atoms with E-state index in [0.717, 1.165) is 12.1 Å². The van der Waals surface area contributed by atoms with Gasteiger partial charge in [0.05, 0.1) is 18.3 Å². The smallest absolute Gasteiger partial charge is 0.238 e. The van der Waals surface area contributed by atoms with Crippen molar-refractivity contribution in [1.29, 1.82) is 0 Å². The van der Waals surface area contributed by atoms with Crippen LogP contribution in [0.4, 0.5) is 18.9 Å². The Bertz CT molecular complexity index is 503. The minimum atomic E-state index is -1.61. The van der Waals surface area contributed by atoms with E-state index in [1.807, 2.05) is 0 Å². The zero-order valence-electron chi connectivity index (χ0n) is 10.7. The molecule has 110 valence electrons. The van der Waals surface area contributed by atoms with Crippen molar-refractivity contribution in [2.45, 2.75) is 18.9 Å². The molecule has 7 heteroatoms. The Morgan fingerprint density at radius 2 is 1.90 bits per heavy atom. The first-order valence-corrected chi connectivity index (χ1v) is 6.31. The second-order valence-corrected chi connectivity index (χ2v) is 4.78. The molecule has 0 spiro atoms. The summed E-state index contributed by atoms with van der Waals surface area (Å²) in [5, 5.41) is 11.5. The summed E-state index contributed by atoms with van der Waals surface area (Å²) in [6.07, 6.45) is 0.803. The highest BCUT2D eigenvalue weighted by atomic mass is 19.2. The lowest BCUT2D eigenvalue weighted by Gasteiger charge is -2.28. The molecule has 1 heterocycles. The topological polar surface area (TPSA) is 52.6 Å². The van der Waals surface area contributed by atoms with Gasteiger partial charge in [0.15, 0.2) is 17.5 Å². The molecule has 0 radical (unpaired) electrons. The fourth-order valence-electron chi connectivity index (χ4n) is 2.09. The maximum absolute atomic E-state index is 13.4. The summed E-state index contributed by atoms with van der Waals surface area (Å²) < 4.78 is 39.1. The van der Waals surface area contributed by atoms with Crippen LogP contribution in [0.5, 0.6) is 0 Å². The predicted molar refractivity (Wildman–Crippen MR) is 66.6 cm³/mol. The van der Waals surface area contributed by atoms with Crippen LogP contribution >= 0.6 is 0 Å². The fraction of sp³-hybridized carbons (Fsp3) is 0.462. The summed E-state index contributed by atoms with van der Waals surface area (Å²) in [7, 11) is 0. The lowest BCUT2D eigenvalue weighted by atomic mass is 10.1. The van der Waals surface area contributed by atoms with E-state index in [1.54, 1.807) is 4.90 Å². The van der Waals surface area contributed by atoms with Crippen molar-refractivity contribution in [2.24, 2.45) is 0 Å². The van der Waals surface area contributed by atoms with Gasteiger partial charge in [-0.1, -0.05) is 0 Å². The molecular formula is C13H15F3N2O2. The first kappa shape index (κ1) is 14.8. The van der Waals surface area contributed by atoms with Gasteiger partial charge in [0.25, 0.3) is 0 Å². The normalized spacial score (nSPS) is 17.2. The number of aliphatic hydroxyl groups excluding tert-OH is 1. The van der Waals surface area contributed by atoms with E-state index in [1.165, 1.54) is 0 Å². The summed E-state index contributed by atoms with van der Waals surface area (Å²) in [5.41, 5.74) is -0.383. The van der Waals surface area contributed by atoms with Gasteiger partial charge in [-0.15, -0.1) is 0 Å². The van der Waals surface area contributed by atoms with Crippen LogP contribution in [-0.4, -0.2) is 41.7 Å². The second kappa shape index (κ2) is 6.23. The lowest BCUT2D eigenvalue weighted by Crippen LogP contribution is -2.40. The molecule has 2 N–H and O–H groups in total. The summed E-state index contributed by atoms with van der Waals surface area (Å²) in [6, 6.07) is 1.73. The third-order valence-corrected chi connectivity index (χ3v) is 3.23. The number of anilines is 1. The maximum atomic E-state index is 13.4. The number of hydrogen-bond donors (Lipinski definition) is 2. The van der Waals surface area contributed by atoms with E-state index in [4.69, 9.17) is 0 Å². The molecule has 1 aromatic rings. The Balaban J connectivity index is 1.93. The standard InChI is InChI=1S/C13H15F3N2O2/c14-9-1-2-10(13(16)12(9)15)17-11(20)7-18-5-3-8(19)4-6-18/h1-2,8,19H,3-7H2,(H,17,20). The van der Waals surface area contributed by atoms with Crippen LogP contribution in [0.2, 0.25) is 0 Å². The summed E-state index contributed by atoms with van der Waals surface area (Å²) in [5.74, 6) is -4.83. The van der Waals surface area contributed by atoms with Gasteiger partial charge in [-0.2, -0.15) is 0 Å². The number of rotatable bonds is 3. The van der Waals surface area contributed by atoms with E-state index < -0.39 is 23.4 Å². The van der Waals surface area contributed by atoms with Crippen molar-refractivity contribution in [3.05, 3.63) is 29.6 Å². The number of amides is 1. The molecule has 0 aliphatic carbocycles. The Kier molecular flexibility index (Phi) is 4.61. The Morgan fingerprint density at radius 3 is 2.55 bits per heavy atom. The zero-order chi connectivity index (χ0) is 14.7. The van der Waals surface area contributed by atoms with Gasteiger partial charge in [-0.05, 0) is 25.0 Å². The summed E-state index contributed by atoms with van der Waals surface area (Å²) in [4.78, 5) is 13.5. The van der Waals surface area contributed by atoms with E-state index >= 15 is 0 Å². The van der Waals surface area contributed by atoms with E-state index in [2.05, 4.69) is 5.32 Å². The lowest BCUT2D eigenvalue weighted by molar-refractivity contribution is -0.117. The van der Waals surface area contributed by atoms with Crippen molar-refractivity contribution in [2.75, 3.05) is 25.0 Å². The predicted octanol–water partition coefficient (Wildman–Crippen LogP) is 1.50. The molecule has 0 bridgehead atoms. The van der Waals surface area contributed by atoms with Crippen LogP contribution in [0.15, 0.2) is 12.1 Å². The van der Waals surface area contributed by atoms with Crippen molar-refractivity contribution in [1.82, 2.24) is 4.90 Å². The number of carbonyl (C=O) groups excluding carboxylic acids is 1. The van der Waals surface area contributed by atoms with E-state index in [-0.39, 0.29) is 18.3 Å². The fourth-order valence-corrected chi connectivity index (χ4v) is 2.09. The van der Waals surface area contributed by atoms with Crippen molar-refractivity contribution < 1.29 is 23.1 Å². The number of benzene rings is 1. The highest BCUT2D eigenvalue weighted by Gasteiger charge is 2.20. The average molecular weight is 288 g/mol. The molecule has 1 aliphatic heterocycles. The van der Waals surface area contributed by atoms with Crippen LogP contribution in [0.3, 0.4) is 0 Å². The van der Waals surface area contributed by atoms with Gasteiger partial charge in [0.1, 0.15) is 0 Å². The number of piperidine rings is 1. The van der Waals surface area contributed by atoms with Crippen LogP contribution in [0.25, 0.3) is 0 Å². The highest BCUT2D eigenvalue weighted by molar-refractivity contribution is 5.92. The van der Waals surface area contributed by atoms with E-state index in [9.17, 15) is 23.1 Å². The minimum absolute atomic E-state index is 0.0190.